The van der Waals surface area contributed by atoms with E-state index in [1.165, 1.54) is 18.2 Å². The number of hydrogen-bond acceptors (Lipinski definition) is 2. The Morgan fingerprint density at radius 3 is 2.61 bits per heavy atom. The fourth-order valence-electron chi connectivity index (χ4n) is 2.00. The molecule has 1 saturated heterocycles. The highest BCUT2D eigenvalue weighted by atomic mass is 19.4. The maximum Gasteiger partial charge on any atom is 0.418 e. The van der Waals surface area contributed by atoms with Gasteiger partial charge >= 0.3 is 6.18 Å². The molecule has 18 heavy (non-hydrogen) atoms. The number of alkyl halides is 4. The second kappa shape index (κ2) is 4.76. The molecule has 1 heterocycles. The van der Waals surface area contributed by atoms with E-state index in [0.29, 0.717) is 13.0 Å². The predicted molar refractivity (Wildman–Crippen MR) is 61.3 cm³/mol. The molecule has 1 atom stereocenters. The molecule has 0 spiro atoms. The van der Waals surface area contributed by atoms with Crippen molar-refractivity contribution < 1.29 is 17.6 Å². The SMILES string of the molecule is FC1(CNc2ccccc2C(F)(F)F)CCNC1. The molecular formula is C12H14F4N2. The number of anilines is 1. The number of rotatable bonds is 3. The van der Waals surface area contributed by atoms with E-state index in [0.717, 1.165) is 6.07 Å². The monoisotopic (exact) mass is 262 g/mol. The minimum absolute atomic E-state index is 0.0751. The molecule has 0 saturated carbocycles. The zero-order valence-electron chi connectivity index (χ0n) is 9.65. The molecule has 100 valence electrons. The van der Waals surface area contributed by atoms with Crippen molar-refractivity contribution in [2.75, 3.05) is 25.0 Å². The van der Waals surface area contributed by atoms with Crippen molar-refractivity contribution in [2.24, 2.45) is 0 Å². The summed E-state index contributed by atoms with van der Waals surface area (Å²) in [5.41, 5.74) is -2.31. The zero-order chi connectivity index (χ0) is 13.2. The summed E-state index contributed by atoms with van der Waals surface area (Å²) in [5.74, 6) is 0. The molecule has 0 aliphatic carbocycles. The van der Waals surface area contributed by atoms with Gasteiger partial charge in [-0.05, 0) is 25.1 Å². The van der Waals surface area contributed by atoms with Gasteiger partial charge in [0.25, 0.3) is 0 Å². The van der Waals surface area contributed by atoms with Crippen LogP contribution in [-0.2, 0) is 6.18 Å². The van der Waals surface area contributed by atoms with E-state index in [1.807, 2.05) is 0 Å². The Labute approximate surface area is 102 Å². The van der Waals surface area contributed by atoms with Crippen molar-refractivity contribution in [3.63, 3.8) is 0 Å². The molecule has 0 bridgehead atoms. The normalized spacial score (nSPS) is 24.2. The van der Waals surface area contributed by atoms with Crippen LogP contribution in [0.3, 0.4) is 0 Å². The van der Waals surface area contributed by atoms with Gasteiger partial charge in [-0.2, -0.15) is 13.2 Å². The van der Waals surface area contributed by atoms with Crippen molar-refractivity contribution >= 4 is 5.69 Å². The maximum absolute atomic E-state index is 14.0. The second-order valence-corrected chi connectivity index (χ2v) is 4.47. The number of nitrogens with one attached hydrogen (secondary N) is 2. The van der Waals surface area contributed by atoms with Gasteiger partial charge in [0.2, 0.25) is 0 Å². The molecule has 2 N–H and O–H groups in total. The van der Waals surface area contributed by atoms with Gasteiger partial charge in [0.05, 0.1) is 12.1 Å². The lowest BCUT2D eigenvalue weighted by atomic mass is 10.1. The third kappa shape index (κ3) is 2.93. The average molecular weight is 262 g/mol. The summed E-state index contributed by atoms with van der Waals surface area (Å²) < 4.78 is 52.1. The largest absolute Gasteiger partial charge is 0.418 e. The summed E-state index contributed by atoms with van der Waals surface area (Å²) in [7, 11) is 0. The first-order valence-electron chi connectivity index (χ1n) is 5.70. The first-order chi connectivity index (χ1) is 8.41. The van der Waals surface area contributed by atoms with Crippen LogP contribution in [0.4, 0.5) is 23.2 Å². The quantitative estimate of drug-likeness (QED) is 0.818. The van der Waals surface area contributed by atoms with E-state index < -0.39 is 17.4 Å². The summed E-state index contributed by atoms with van der Waals surface area (Å²) in [6, 6.07) is 5.11. The minimum atomic E-state index is -4.43. The van der Waals surface area contributed by atoms with Crippen LogP contribution in [0.5, 0.6) is 0 Å². The third-order valence-corrected chi connectivity index (χ3v) is 3.02. The Hall–Kier alpha value is -1.30. The molecule has 0 aromatic heterocycles. The molecular weight excluding hydrogens is 248 g/mol. The first kappa shape index (κ1) is 13.1. The van der Waals surface area contributed by atoms with E-state index in [2.05, 4.69) is 10.6 Å². The topological polar surface area (TPSA) is 24.1 Å². The number of benzene rings is 1. The lowest BCUT2D eigenvalue weighted by Crippen LogP contribution is -2.34. The van der Waals surface area contributed by atoms with E-state index in [4.69, 9.17) is 0 Å². The van der Waals surface area contributed by atoms with Crippen molar-refractivity contribution in [1.82, 2.24) is 5.32 Å². The van der Waals surface area contributed by atoms with Gasteiger partial charge in [0.1, 0.15) is 5.67 Å². The molecule has 0 radical (unpaired) electrons. The van der Waals surface area contributed by atoms with Gasteiger partial charge in [0, 0.05) is 12.2 Å². The molecule has 1 aliphatic rings. The highest BCUT2D eigenvalue weighted by Gasteiger charge is 2.36. The number of para-hydroxylation sites is 1. The molecule has 1 aromatic rings. The van der Waals surface area contributed by atoms with Crippen LogP contribution in [0.15, 0.2) is 24.3 Å². The van der Waals surface area contributed by atoms with Crippen LogP contribution in [0, 0.1) is 0 Å². The molecule has 6 heteroatoms. The Balaban J connectivity index is 2.10. The third-order valence-electron chi connectivity index (χ3n) is 3.02. The van der Waals surface area contributed by atoms with Gasteiger partial charge in [-0.25, -0.2) is 4.39 Å². The highest BCUT2D eigenvalue weighted by molar-refractivity contribution is 5.52. The lowest BCUT2D eigenvalue weighted by Gasteiger charge is -2.21. The van der Waals surface area contributed by atoms with Crippen LogP contribution in [0.25, 0.3) is 0 Å². The van der Waals surface area contributed by atoms with Crippen molar-refractivity contribution in [3.05, 3.63) is 29.8 Å². The summed E-state index contributed by atoms with van der Waals surface area (Å²) in [6.45, 7) is 0.611. The fourth-order valence-corrected chi connectivity index (χ4v) is 2.00. The molecule has 1 unspecified atom stereocenters. The van der Waals surface area contributed by atoms with Gasteiger partial charge in [0.15, 0.2) is 0 Å². The molecule has 2 rings (SSSR count). The van der Waals surface area contributed by atoms with Crippen LogP contribution >= 0.6 is 0 Å². The van der Waals surface area contributed by atoms with Gasteiger partial charge < -0.3 is 10.6 Å². The van der Waals surface area contributed by atoms with Crippen LogP contribution in [0.1, 0.15) is 12.0 Å². The first-order valence-corrected chi connectivity index (χ1v) is 5.70. The predicted octanol–water partition coefficient (Wildman–Crippen LogP) is 2.82. The summed E-state index contributed by atoms with van der Waals surface area (Å²) in [5, 5.41) is 5.42. The second-order valence-electron chi connectivity index (χ2n) is 4.47. The summed E-state index contributed by atoms with van der Waals surface area (Å²) >= 11 is 0. The van der Waals surface area contributed by atoms with Gasteiger partial charge in [-0.15, -0.1) is 0 Å². The number of halogens is 4. The Bertz CT molecular complexity index is 411. The molecule has 1 aliphatic heterocycles. The fraction of sp³-hybridized carbons (Fsp3) is 0.500. The van der Waals surface area contributed by atoms with E-state index >= 15 is 0 Å². The van der Waals surface area contributed by atoms with Crippen LogP contribution < -0.4 is 10.6 Å². The standard InChI is InChI=1S/C12H14F4N2/c13-11(5-6-17-7-11)8-18-10-4-2-1-3-9(10)12(14,15)16/h1-4,17-18H,5-8H2. The van der Waals surface area contributed by atoms with Crippen molar-refractivity contribution in [1.29, 1.82) is 0 Å². The minimum Gasteiger partial charge on any atom is -0.381 e. The zero-order valence-corrected chi connectivity index (χ0v) is 9.65. The van der Waals surface area contributed by atoms with E-state index in [9.17, 15) is 17.6 Å². The highest BCUT2D eigenvalue weighted by Crippen LogP contribution is 2.35. The Morgan fingerprint density at radius 2 is 2.00 bits per heavy atom. The lowest BCUT2D eigenvalue weighted by molar-refractivity contribution is -0.137. The van der Waals surface area contributed by atoms with Crippen molar-refractivity contribution in [2.45, 2.75) is 18.3 Å². The molecule has 0 amide bonds. The van der Waals surface area contributed by atoms with E-state index in [1.54, 1.807) is 0 Å². The Morgan fingerprint density at radius 1 is 1.28 bits per heavy atom. The summed E-state index contributed by atoms with van der Waals surface area (Å²) in [4.78, 5) is 0. The Kier molecular flexibility index (Phi) is 3.47. The molecule has 1 fully saturated rings. The number of hydrogen-bond donors (Lipinski definition) is 2. The average Bonchev–Trinajstić information content (AvgIpc) is 2.73. The van der Waals surface area contributed by atoms with Gasteiger partial charge in [-0.1, -0.05) is 12.1 Å². The van der Waals surface area contributed by atoms with Crippen LogP contribution in [-0.4, -0.2) is 25.3 Å². The smallest absolute Gasteiger partial charge is 0.381 e. The van der Waals surface area contributed by atoms with Crippen LogP contribution in [0.2, 0.25) is 0 Å². The van der Waals surface area contributed by atoms with E-state index in [-0.39, 0.29) is 18.8 Å². The van der Waals surface area contributed by atoms with Crippen molar-refractivity contribution in [3.8, 4) is 0 Å². The maximum atomic E-state index is 14.0. The van der Waals surface area contributed by atoms with Gasteiger partial charge in [-0.3, -0.25) is 0 Å². The summed E-state index contributed by atoms with van der Waals surface area (Å²) in [6.07, 6.45) is -4.12. The molecule has 1 aromatic carbocycles. The molecule has 2 nitrogen and oxygen atoms in total.